The maximum Gasteiger partial charge on any atom is 0.227 e. The highest BCUT2D eigenvalue weighted by Gasteiger charge is 2.37. The van der Waals surface area contributed by atoms with Crippen molar-refractivity contribution in [3.63, 3.8) is 0 Å². The second-order valence-corrected chi connectivity index (χ2v) is 12.1. The molecule has 0 spiro atoms. The fraction of sp³-hybridized carbons (Fsp3) is 0.367. The molecule has 2 atom stereocenters. The van der Waals surface area contributed by atoms with E-state index in [0.29, 0.717) is 12.1 Å². The molecule has 1 aromatic carbocycles. The first-order chi connectivity index (χ1) is 19.4. The van der Waals surface area contributed by atoms with Crippen LogP contribution in [-0.2, 0) is 17.6 Å². The van der Waals surface area contributed by atoms with E-state index in [1.807, 2.05) is 13.8 Å². The summed E-state index contributed by atoms with van der Waals surface area (Å²) in [7, 11) is 0. The number of pyridine rings is 1. The van der Waals surface area contributed by atoms with E-state index in [1.54, 1.807) is 22.4 Å². The number of fused-ring (bicyclic) bond motifs is 2. The number of imidazole rings is 1. The average Bonchev–Trinajstić information content (AvgIpc) is 3.60. The van der Waals surface area contributed by atoms with Crippen molar-refractivity contribution < 1.29 is 13.7 Å². The molecule has 1 fully saturated rings. The third-order valence-corrected chi connectivity index (χ3v) is 9.18. The zero-order valence-electron chi connectivity index (χ0n) is 22.6. The Morgan fingerprint density at radius 1 is 1.07 bits per heavy atom. The largest absolute Gasteiger partial charge is 0.361 e. The number of halogens is 1. The SMILES string of the molecule is Cc1nc2c(s1)C[C@H](n1c([C@@H]3CCCC(=O)N3c3cncc(F)c3)nc3cc(-c4c(C)noc4C)ccc31)CC2. The molecule has 204 valence electrons. The van der Waals surface area contributed by atoms with Gasteiger partial charge in [-0.3, -0.25) is 9.78 Å². The summed E-state index contributed by atoms with van der Waals surface area (Å²) in [6, 6.07) is 7.54. The fourth-order valence-electron chi connectivity index (χ4n) is 6.46. The second-order valence-electron chi connectivity index (χ2n) is 10.8. The molecule has 40 heavy (non-hydrogen) atoms. The first-order valence-corrected chi connectivity index (χ1v) is 14.5. The van der Waals surface area contributed by atoms with Gasteiger partial charge in [-0.1, -0.05) is 11.2 Å². The van der Waals surface area contributed by atoms with Gasteiger partial charge in [0.2, 0.25) is 5.91 Å². The molecule has 4 aromatic heterocycles. The number of benzene rings is 1. The van der Waals surface area contributed by atoms with Gasteiger partial charge in [-0.05, 0) is 64.2 Å². The van der Waals surface area contributed by atoms with Crippen LogP contribution in [0.1, 0.15) is 70.6 Å². The summed E-state index contributed by atoms with van der Waals surface area (Å²) in [4.78, 5) is 30.4. The summed E-state index contributed by atoms with van der Waals surface area (Å²) in [6.45, 7) is 5.92. The van der Waals surface area contributed by atoms with E-state index in [4.69, 9.17) is 14.5 Å². The lowest BCUT2D eigenvalue weighted by molar-refractivity contribution is -0.120. The molecule has 5 aromatic rings. The van der Waals surface area contributed by atoms with E-state index in [-0.39, 0.29) is 18.0 Å². The molecular weight excluding hydrogens is 527 g/mol. The van der Waals surface area contributed by atoms with Crippen LogP contribution in [0.4, 0.5) is 10.1 Å². The van der Waals surface area contributed by atoms with Gasteiger partial charge in [0.15, 0.2) is 0 Å². The predicted octanol–water partition coefficient (Wildman–Crippen LogP) is 6.60. The number of hydrogen-bond donors (Lipinski definition) is 0. The van der Waals surface area contributed by atoms with E-state index >= 15 is 0 Å². The van der Waals surface area contributed by atoms with Crippen molar-refractivity contribution in [2.45, 2.75) is 71.4 Å². The zero-order chi connectivity index (χ0) is 27.5. The summed E-state index contributed by atoms with van der Waals surface area (Å²) >= 11 is 1.76. The molecule has 0 unspecified atom stereocenters. The first-order valence-electron chi connectivity index (χ1n) is 13.7. The van der Waals surface area contributed by atoms with Crippen LogP contribution in [0.2, 0.25) is 0 Å². The van der Waals surface area contributed by atoms with Crippen molar-refractivity contribution in [3.05, 3.63) is 75.3 Å². The number of aryl methyl sites for hydroxylation is 4. The Kier molecular flexibility index (Phi) is 6.03. The van der Waals surface area contributed by atoms with E-state index in [9.17, 15) is 9.18 Å². The van der Waals surface area contributed by atoms with Crippen LogP contribution >= 0.6 is 11.3 Å². The van der Waals surface area contributed by atoms with Gasteiger partial charge in [-0.25, -0.2) is 14.4 Å². The smallest absolute Gasteiger partial charge is 0.227 e. The van der Waals surface area contributed by atoms with Crippen molar-refractivity contribution in [2.24, 2.45) is 0 Å². The number of piperidine rings is 1. The molecule has 7 rings (SSSR count). The highest BCUT2D eigenvalue weighted by molar-refractivity contribution is 7.11. The van der Waals surface area contributed by atoms with Crippen LogP contribution in [0.3, 0.4) is 0 Å². The molecule has 1 aliphatic carbocycles. The summed E-state index contributed by atoms with van der Waals surface area (Å²) in [5.41, 5.74) is 6.35. The van der Waals surface area contributed by atoms with E-state index < -0.39 is 5.82 Å². The molecule has 0 N–H and O–H groups in total. The number of rotatable bonds is 4. The number of carbonyl (C=O) groups is 1. The number of hydrogen-bond acceptors (Lipinski definition) is 7. The third kappa shape index (κ3) is 4.13. The average molecular weight is 557 g/mol. The monoisotopic (exact) mass is 556 g/mol. The molecule has 0 radical (unpaired) electrons. The molecule has 0 saturated carbocycles. The summed E-state index contributed by atoms with van der Waals surface area (Å²) in [5.74, 6) is 1.09. The number of amides is 1. The van der Waals surface area contributed by atoms with Gasteiger partial charge in [-0.15, -0.1) is 11.3 Å². The Balaban J connectivity index is 1.40. The molecule has 1 amide bonds. The van der Waals surface area contributed by atoms with Crippen molar-refractivity contribution >= 4 is 34.0 Å². The molecule has 10 heteroatoms. The molecule has 5 heterocycles. The molecule has 1 saturated heterocycles. The van der Waals surface area contributed by atoms with Crippen molar-refractivity contribution in [2.75, 3.05) is 4.90 Å². The Hall–Kier alpha value is -3.92. The number of anilines is 1. The van der Waals surface area contributed by atoms with Crippen LogP contribution in [0.5, 0.6) is 0 Å². The molecule has 8 nitrogen and oxygen atoms in total. The number of aromatic nitrogens is 5. The Morgan fingerprint density at radius 2 is 1.95 bits per heavy atom. The summed E-state index contributed by atoms with van der Waals surface area (Å²) in [5, 5.41) is 5.23. The van der Waals surface area contributed by atoms with E-state index in [1.165, 1.54) is 16.6 Å². The summed E-state index contributed by atoms with van der Waals surface area (Å²) in [6.07, 6.45) is 7.33. The zero-order valence-corrected chi connectivity index (χ0v) is 23.5. The Labute approximate surface area is 234 Å². The second kappa shape index (κ2) is 9.62. The fourth-order valence-corrected chi connectivity index (χ4v) is 7.52. The lowest BCUT2D eigenvalue weighted by atomic mass is 9.95. The van der Waals surface area contributed by atoms with Crippen molar-refractivity contribution in [3.8, 4) is 11.1 Å². The number of thiazole rings is 1. The summed E-state index contributed by atoms with van der Waals surface area (Å²) < 4.78 is 22.0. The topological polar surface area (TPSA) is 89.9 Å². The standard InChI is InChI=1S/C30H29FN6O2S/c1-16-29(17(2)39-35-16)19-7-10-25-24(11-19)34-30(37(25)21-8-9-23-27(13-21)40-18(3)33-23)26-5-4-6-28(38)36(26)22-12-20(31)14-32-15-22/h7,10-12,14-15,21,26H,4-6,8-9,13H2,1-3H3/t21-,26+/m1/s1. The lowest BCUT2D eigenvalue weighted by Crippen LogP contribution is -2.40. The molecule has 2 aliphatic rings. The minimum atomic E-state index is -0.465. The third-order valence-electron chi connectivity index (χ3n) is 8.14. The highest BCUT2D eigenvalue weighted by atomic mass is 32.1. The van der Waals surface area contributed by atoms with Crippen LogP contribution in [0.25, 0.3) is 22.2 Å². The van der Waals surface area contributed by atoms with Gasteiger partial charge >= 0.3 is 0 Å². The normalized spacial score (nSPS) is 19.4. The molecule has 1 aliphatic heterocycles. The number of carbonyl (C=O) groups excluding carboxylic acids is 1. The van der Waals surface area contributed by atoms with E-state index in [0.717, 1.165) is 82.7 Å². The predicted molar refractivity (Wildman–Crippen MR) is 151 cm³/mol. The number of nitrogens with zero attached hydrogens (tertiary/aromatic N) is 6. The van der Waals surface area contributed by atoms with Crippen LogP contribution in [0, 0.1) is 26.6 Å². The van der Waals surface area contributed by atoms with Gasteiger partial charge in [-0.2, -0.15) is 0 Å². The minimum Gasteiger partial charge on any atom is -0.361 e. The quantitative estimate of drug-likeness (QED) is 0.248. The van der Waals surface area contributed by atoms with Crippen molar-refractivity contribution in [1.29, 1.82) is 0 Å². The van der Waals surface area contributed by atoms with Gasteiger partial charge in [0.1, 0.15) is 17.4 Å². The Morgan fingerprint density at radius 3 is 2.75 bits per heavy atom. The minimum absolute atomic E-state index is 0.0392. The lowest BCUT2D eigenvalue weighted by Gasteiger charge is -2.36. The molecule has 0 bridgehead atoms. The van der Waals surface area contributed by atoms with Gasteiger partial charge in [0, 0.05) is 35.4 Å². The van der Waals surface area contributed by atoms with Crippen LogP contribution in [-0.4, -0.2) is 30.6 Å². The van der Waals surface area contributed by atoms with E-state index in [2.05, 4.69) is 39.8 Å². The van der Waals surface area contributed by atoms with Gasteiger partial charge < -0.3 is 14.0 Å². The van der Waals surface area contributed by atoms with Gasteiger partial charge in [0.25, 0.3) is 0 Å². The van der Waals surface area contributed by atoms with Crippen LogP contribution in [0.15, 0.2) is 41.2 Å². The molecular formula is C30H29FN6O2S. The maximum atomic E-state index is 14.3. The Bertz CT molecular complexity index is 1750. The maximum absolute atomic E-state index is 14.3. The van der Waals surface area contributed by atoms with Crippen molar-refractivity contribution in [1.82, 2.24) is 24.7 Å². The highest BCUT2D eigenvalue weighted by Crippen LogP contribution is 2.42. The first kappa shape index (κ1) is 25.1. The van der Waals surface area contributed by atoms with Gasteiger partial charge in [0.05, 0.1) is 51.6 Å². The van der Waals surface area contributed by atoms with Crippen LogP contribution < -0.4 is 4.90 Å².